The first kappa shape index (κ1) is 37.4. The SMILES string of the molecule is COc1cccc2c1C(=O)c1c(O)c3c(c(O)c1C2=O)C[C@@](O)(C(=O)CO)C[C@@H]3O[C@H]1C[C@H](N)[C@H](O)[C@H](C)O1.Cl.O=C(O)c1ccccc1. The van der Waals surface area contributed by atoms with Gasteiger partial charge in [0.1, 0.15) is 29.5 Å². The molecule has 1 aliphatic heterocycles. The summed E-state index contributed by atoms with van der Waals surface area (Å²) in [5, 5.41) is 62.1. The van der Waals surface area contributed by atoms with Crippen LogP contribution in [0, 0.1) is 0 Å². The van der Waals surface area contributed by atoms with Crippen molar-refractivity contribution >= 4 is 35.7 Å². The number of aliphatic hydroxyl groups is 3. The number of rotatable bonds is 6. The molecule has 1 heterocycles. The number of Topliss-reactive ketones (excluding diaryl/α,β-unsaturated/α-hetero) is 1. The van der Waals surface area contributed by atoms with Crippen LogP contribution in [0.15, 0.2) is 48.5 Å². The maximum Gasteiger partial charge on any atom is 0.335 e. The van der Waals surface area contributed by atoms with Gasteiger partial charge in [-0.15, -0.1) is 12.4 Å². The molecular formula is C34H36ClNO13. The van der Waals surface area contributed by atoms with Gasteiger partial charge in [0.05, 0.1) is 47.7 Å². The molecule has 3 aromatic carbocycles. The number of hydrogen-bond acceptors (Lipinski definition) is 13. The molecule has 8 N–H and O–H groups in total. The Morgan fingerprint density at radius 2 is 1.65 bits per heavy atom. The minimum absolute atomic E-state index is 0. The van der Waals surface area contributed by atoms with Gasteiger partial charge in [0.25, 0.3) is 0 Å². The quantitative estimate of drug-likeness (QED) is 0.142. The minimum atomic E-state index is -2.24. The molecule has 49 heavy (non-hydrogen) atoms. The van der Waals surface area contributed by atoms with Gasteiger partial charge >= 0.3 is 5.97 Å². The highest BCUT2D eigenvalue weighted by molar-refractivity contribution is 6.31. The van der Waals surface area contributed by atoms with Crippen LogP contribution in [0.25, 0.3) is 0 Å². The maximum atomic E-state index is 13.6. The number of ketones is 3. The van der Waals surface area contributed by atoms with Crippen molar-refractivity contribution in [3.05, 3.63) is 87.5 Å². The molecule has 6 rings (SSSR count). The number of fused-ring (bicyclic) bond motifs is 3. The average Bonchev–Trinajstić information content (AvgIpc) is 3.07. The number of halogens is 1. The first-order valence-electron chi connectivity index (χ1n) is 15.0. The molecule has 0 bridgehead atoms. The van der Waals surface area contributed by atoms with Gasteiger partial charge in [0.2, 0.25) is 5.78 Å². The van der Waals surface area contributed by atoms with Crippen LogP contribution in [0.4, 0.5) is 0 Å². The van der Waals surface area contributed by atoms with Gasteiger partial charge in [-0.1, -0.05) is 30.3 Å². The molecule has 2 aliphatic carbocycles. The zero-order valence-electron chi connectivity index (χ0n) is 26.4. The van der Waals surface area contributed by atoms with Gasteiger partial charge in [-0.3, -0.25) is 14.4 Å². The number of phenols is 2. The van der Waals surface area contributed by atoms with E-state index in [1.165, 1.54) is 25.3 Å². The van der Waals surface area contributed by atoms with Crippen molar-refractivity contribution in [2.45, 2.75) is 62.4 Å². The van der Waals surface area contributed by atoms with Crippen molar-refractivity contribution in [2.75, 3.05) is 13.7 Å². The van der Waals surface area contributed by atoms with E-state index in [1.807, 2.05) is 0 Å². The lowest BCUT2D eigenvalue weighted by Gasteiger charge is -2.42. The first-order valence-corrected chi connectivity index (χ1v) is 15.0. The monoisotopic (exact) mass is 701 g/mol. The van der Waals surface area contributed by atoms with Gasteiger partial charge in [0, 0.05) is 42.0 Å². The van der Waals surface area contributed by atoms with E-state index in [-0.39, 0.29) is 46.8 Å². The molecule has 0 aromatic heterocycles. The number of methoxy groups -OCH3 is 1. The molecule has 6 atom stereocenters. The lowest BCUT2D eigenvalue weighted by molar-refractivity contribution is -0.247. The summed E-state index contributed by atoms with van der Waals surface area (Å²) in [5.74, 6) is -4.65. The van der Waals surface area contributed by atoms with Gasteiger partial charge in [0.15, 0.2) is 17.9 Å². The Bertz CT molecular complexity index is 1770. The number of ether oxygens (including phenoxy) is 3. The molecule has 0 radical (unpaired) electrons. The van der Waals surface area contributed by atoms with Crippen LogP contribution in [0.5, 0.6) is 17.2 Å². The highest BCUT2D eigenvalue weighted by Crippen LogP contribution is 2.52. The van der Waals surface area contributed by atoms with E-state index in [0.717, 1.165) is 0 Å². The molecule has 0 unspecified atom stereocenters. The number of phenolic OH excluding ortho intramolecular Hbond substituents is 2. The van der Waals surface area contributed by atoms with E-state index >= 15 is 0 Å². The van der Waals surface area contributed by atoms with Gasteiger partial charge in [-0.05, 0) is 25.1 Å². The molecule has 1 fully saturated rings. The number of carboxylic acids is 1. The predicted octanol–water partition coefficient (Wildman–Crippen LogP) is 1.81. The standard InChI is InChI=1S/C27H29NO11.C7H6O2.ClH/c1-10-22(31)13(28)6-17(38-10)39-15-8-27(36,16(30)9-29)7-12-19(15)26(35)21-20(24(12)33)23(32)11-4-3-5-14(37-2)18(11)25(21)34;8-7(9)6-4-2-1-3-5-6;/h3-5,10,13,15,17,22,29,31,33,35-36H,6-9,28H2,1-2H3;1-5H,(H,8,9);1H/t10-,13-,15-,17-,22+,27-;;/m0../s1. The van der Waals surface area contributed by atoms with Crippen LogP contribution in [0.3, 0.4) is 0 Å². The molecule has 3 aromatic rings. The Hall–Kier alpha value is -4.41. The Morgan fingerprint density at radius 1 is 1.00 bits per heavy atom. The summed E-state index contributed by atoms with van der Waals surface area (Å²) in [5.41, 5.74) is 2.70. The minimum Gasteiger partial charge on any atom is -0.507 e. The molecule has 14 nitrogen and oxygen atoms in total. The van der Waals surface area contributed by atoms with Crippen molar-refractivity contribution in [2.24, 2.45) is 5.73 Å². The molecule has 0 saturated carbocycles. The van der Waals surface area contributed by atoms with Crippen molar-refractivity contribution in [1.29, 1.82) is 0 Å². The summed E-state index contributed by atoms with van der Waals surface area (Å²) in [6.07, 6.45) is -5.12. The summed E-state index contributed by atoms with van der Waals surface area (Å²) in [4.78, 5) is 49.9. The first-order chi connectivity index (χ1) is 22.7. The second-order valence-electron chi connectivity index (χ2n) is 11.8. The molecule has 0 spiro atoms. The van der Waals surface area contributed by atoms with Crippen LogP contribution in [0.2, 0.25) is 0 Å². The number of aromatic carboxylic acids is 1. The van der Waals surface area contributed by atoms with E-state index in [2.05, 4.69) is 0 Å². The van der Waals surface area contributed by atoms with E-state index < -0.39 is 102 Å². The zero-order valence-corrected chi connectivity index (χ0v) is 27.2. The van der Waals surface area contributed by atoms with Gasteiger partial charge < -0.3 is 50.6 Å². The third-order valence-corrected chi connectivity index (χ3v) is 8.83. The third kappa shape index (κ3) is 6.76. The molecular weight excluding hydrogens is 666 g/mol. The fourth-order valence-corrected chi connectivity index (χ4v) is 6.33. The second kappa shape index (κ2) is 14.6. The van der Waals surface area contributed by atoms with Gasteiger partial charge in [-0.25, -0.2) is 4.79 Å². The van der Waals surface area contributed by atoms with Crippen molar-refractivity contribution in [3.63, 3.8) is 0 Å². The van der Waals surface area contributed by atoms with E-state index in [0.29, 0.717) is 5.56 Å². The third-order valence-electron chi connectivity index (χ3n) is 8.83. The molecule has 15 heteroatoms. The van der Waals surface area contributed by atoms with Crippen molar-refractivity contribution in [3.8, 4) is 17.2 Å². The normalized spacial score (nSPS) is 25.4. The lowest BCUT2D eigenvalue weighted by Crippen LogP contribution is -2.53. The number of benzene rings is 3. The summed E-state index contributed by atoms with van der Waals surface area (Å²) < 4.78 is 17.0. The van der Waals surface area contributed by atoms with Crippen LogP contribution in [-0.4, -0.2) is 97.8 Å². The highest BCUT2D eigenvalue weighted by Gasteiger charge is 2.50. The predicted molar refractivity (Wildman–Crippen MR) is 172 cm³/mol. The molecule has 262 valence electrons. The van der Waals surface area contributed by atoms with Crippen LogP contribution >= 0.6 is 12.4 Å². The Morgan fingerprint density at radius 3 is 2.22 bits per heavy atom. The average molecular weight is 702 g/mol. The molecule has 1 saturated heterocycles. The highest BCUT2D eigenvalue weighted by atomic mass is 35.5. The van der Waals surface area contributed by atoms with Crippen LogP contribution in [-0.2, 0) is 20.7 Å². The van der Waals surface area contributed by atoms with E-state index in [4.69, 9.17) is 25.1 Å². The Balaban J connectivity index is 0.000000471. The number of nitrogens with two attached hydrogens (primary N) is 1. The number of aliphatic hydroxyl groups excluding tert-OH is 2. The fourth-order valence-electron chi connectivity index (χ4n) is 6.33. The smallest absolute Gasteiger partial charge is 0.335 e. The van der Waals surface area contributed by atoms with Crippen LogP contribution in [0.1, 0.15) is 79.2 Å². The van der Waals surface area contributed by atoms with Gasteiger partial charge in [-0.2, -0.15) is 0 Å². The zero-order chi connectivity index (χ0) is 35.1. The largest absolute Gasteiger partial charge is 0.507 e. The lowest BCUT2D eigenvalue weighted by atomic mass is 9.72. The summed E-state index contributed by atoms with van der Waals surface area (Å²) in [6, 6.07) is 11.9. The fraction of sp³-hybridized carbons (Fsp3) is 0.353. The van der Waals surface area contributed by atoms with E-state index in [1.54, 1.807) is 37.3 Å². The van der Waals surface area contributed by atoms with Crippen molar-refractivity contribution < 1.29 is 64.0 Å². The number of carboxylic acid groups (broad SMARTS) is 1. The topological polar surface area (TPSA) is 243 Å². The Labute approximate surface area is 286 Å². The molecule has 3 aliphatic rings. The van der Waals surface area contributed by atoms with E-state index in [9.17, 15) is 44.7 Å². The Kier molecular flexibility index (Phi) is 11.1. The summed E-state index contributed by atoms with van der Waals surface area (Å²) in [7, 11) is 1.32. The second-order valence-corrected chi connectivity index (χ2v) is 11.8. The number of carbonyl (C=O) groups excluding carboxylic acids is 3. The number of hydrogen-bond donors (Lipinski definition) is 7. The van der Waals surface area contributed by atoms with Crippen molar-refractivity contribution in [1.82, 2.24) is 0 Å². The van der Waals surface area contributed by atoms with Crippen LogP contribution < -0.4 is 10.5 Å². The summed E-state index contributed by atoms with van der Waals surface area (Å²) in [6.45, 7) is 0.560. The molecule has 0 amide bonds. The number of aromatic hydroxyl groups is 2. The maximum absolute atomic E-state index is 13.6. The number of carbonyl (C=O) groups is 4. The summed E-state index contributed by atoms with van der Waals surface area (Å²) >= 11 is 0.